The van der Waals surface area contributed by atoms with Gasteiger partial charge in [0.05, 0.1) is 36.4 Å². The topological polar surface area (TPSA) is 96.2 Å². The van der Waals surface area contributed by atoms with E-state index in [1.807, 2.05) is 0 Å². The van der Waals surface area contributed by atoms with Crippen molar-refractivity contribution in [3.05, 3.63) is 41.2 Å². The highest BCUT2D eigenvalue weighted by molar-refractivity contribution is 7.92. The zero-order valence-corrected chi connectivity index (χ0v) is 18.0. The average molecular weight is 437 g/mol. The number of thiazole rings is 1. The summed E-state index contributed by atoms with van der Waals surface area (Å²) in [6.07, 6.45) is 0. The number of sulfone groups is 1. The summed E-state index contributed by atoms with van der Waals surface area (Å²) in [5.74, 6) is 0.167. The summed E-state index contributed by atoms with van der Waals surface area (Å²) in [5.41, 5.74) is 0.789. The number of rotatable bonds is 6. The standard InChI is InChI=1S/C19H20N2O6S2/c1-21-14-9-15(26-3)16(27-4)10-17(14)28-19(21)20-18(22)11-29(23,24)13-7-5-12(25-2)6-8-13/h5-10H,11H2,1-4H3. The highest BCUT2D eigenvalue weighted by Gasteiger charge is 2.20. The molecule has 0 N–H and O–H groups in total. The fourth-order valence-electron chi connectivity index (χ4n) is 2.73. The summed E-state index contributed by atoms with van der Waals surface area (Å²) in [7, 11) is 2.50. The van der Waals surface area contributed by atoms with Gasteiger partial charge in [-0.05, 0) is 24.3 Å². The van der Waals surface area contributed by atoms with Crippen LogP contribution in [0.5, 0.6) is 17.2 Å². The Morgan fingerprint density at radius 2 is 1.66 bits per heavy atom. The van der Waals surface area contributed by atoms with Crippen molar-refractivity contribution in [1.29, 1.82) is 0 Å². The first-order chi connectivity index (χ1) is 13.8. The Kier molecular flexibility index (Phi) is 5.94. The van der Waals surface area contributed by atoms with Crippen molar-refractivity contribution >= 4 is 37.3 Å². The molecule has 8 nitrogen and oxygen atoms in total. The highest BCUT2D eigenvalue weighted by Crippen LogP contribution is 2.33. The van der Waals surface area contributed by atoms with Gasteiger partial charge < -0.3 is 18.8 Å². The van der Waals surface area contributed by atoms with E-state index in [4.69, 9.17) is 14.2 Å². The molecule has 0 radical (unpaired) electrons. The van der Waals surface area contributed by atoms with Crippen LogP contribution in [-0.2, 0) is 21.7 Å². The van der Waals surface area contributed by atoms with E-state index in [1.54, 1.807) is 23.7 Å². The molecule has 0 saturated heterocycles. The highest BCUT2D eigenvalue weighted by atomic mass is 32.2. The lowest BCUT2D eigenvalue weighted by Crippen LogP contribution is -2.19. The van der Waals surface area contributed by atoms with Crippen LogP contribution in [0.15, 0.2) is 46.3 Å². The van der Waals surface area contributed by atoms with Crippen LogP contribution in [0.4, 0.5) is 0 Å². The van der Waals surface area contributed by atoms with E-state index >= 15 is 0 Å². The summed E-state index contributed by atoms with van der Waals surface area (Å²) < 4.78 is 43.1. The third kappa shape index (κ3) is 4.28. The number of fused-ring (bicyclic) bond motifs is 1. The second-order valence-corrected chi connectivity index (χ2v) is 9.06. The lowest BCUT2D eigenvalue weighted by atomic mass is 10.3. The van der Waals surface area contributed by atoms with Crippen LogP contribution in [0, 0.1) is 0 Å². The van der Waals surface area contributed by atoms with E-state index in [1.165, 1.54) is 56.9 Å². The van der Waals surface area contributed by atoms with Gasteiger partial charge in [0.2, 0.25) is 0 Å². The zero-order chi connectivity index (χ0) is 21.2. The molecule has 0 aliphatic heterocycles. The van der Waals surface area contributed by atoms with Crippen molar-refractivity contribution < 1.29 is 27.4 Å². The van der Waals surface area contributed by atoms with Crippen LogP contribution < -0.4 is 19.0 Å². The number of carbonyl (C=O) groups excluding carboxylic acids is 1. The van der Waals surface area contributed by atoms with Gasteiger partial charge in [0.1, 0.15) is 11.5 Å². The van der Waals surface area contributed by atoms with Gasteiger partial charge in [0, 0.05) is 19.2 Å². The first-order valence-corrected chi connectivity index (χ1v) is 10.9. The first-order valence-electron chi connectivity index (χ1n) is 8.45. The molecular formula is C19H20N2O6S2. The molecule has 0 atom stereocenters. The molecule has 0 fully saturated rings. The van der Waals surface area contributed by atoms with Crippen molar-refractivity contribution in [1.82, 2.24) is 4.57 Å². The van der Waals surface area contributed by atoms with E-state index in [9.17, 15) is 13.2 Å². The first kappa shape index (κ1) is 20.9. The fourth-order valence-corrected chi connectivity index (χ4v) is 4.88. The molecular weight excluding hydrogens is 416 g/mol. The van der Waals surface area contributed by atoms with Crippen LogP contribution in [0.1, 0.15) is 0 Å². The molecule has 0 bridgehead atoms. The number of aryl methyl sites for hydroxylation is 1. The number of nitrogens with zero attached hydrogens (tertiary/aromatic N) is 2. The average Bonchev–Trinajstić information content (AvgIpc) is 3.00. The fraction of sp³-hybridized carbons (Fsp3) is 0.263. The monoisotopic (exact) mass is 436 g/mol. The summed E-state index contributed by atoms with van der Waals surface area (Å²) in [5, 5.41) is 0. The van der Waals surface area contributed by atoms with E-state index in [0.29, 0.717) is 22.0 Å². The number of amides is 1. The van der Waals surface area contributed by atoms with Gasteiger partial charge in [-0.2, -0.15) is 4.99 Å². The molecule has 0 aliphatic carbocycles. The van der Waals surface area contributed by atoms with Crippen LogP contribution >= 0.6 is 11.3 Å². The third-order valence-electron chi connectivity index (χ3n) is 4.27. The van der Waals surface area contributed by atoms with Crippen LogP contribution in [0.3, 0.4) is 0 Å². The van der Waals surface area contributed by atoms with Crippen LogP contribution in [0.25, 0.3) is 10.2 Å². The van der Waals surface area contributed by atoms with Gasteiger partial charge >= 0.3 is 0 Å². The summed E-state index contributed by atoms with van der Waals surface area (Å²) in [6.45, 7) is 0. The van der Waals surface area contributed by atoms with Gasteiger partial charge in [0.25, 0.3) is 5.91 Å². The minimum atomic E-state index is -3.81. The van der Waals surface area contributed by atoms with E-state index in [0.717, 1.165) is 10.2 Å². The molecule has 154 valence electrons. The maximum Gasteiger partial charge on any atom is 0.263 e. The normalized spacial score (nSPS) is 12.2. The Labute approximate surface area is 171 Å². The maximum absolute atomic E-state index is 12.5. The molecule has 3 rings (SSSR count). The van der Waals surface area contributed by atoms with Crippen molar-refractivity contribution in [2.24, 2.45) is 12.0 Å². The van der Waals surface area contributed by atoms with E-state index in [-0.39, 0.29) is 4.90 Å². The summed E-state index contributed by atoms with van der Waals surface area (Å²) >= 11 is 1.26. The molecule has 2 aromatic carbocycles. The van der Waals surface area contributed by atoms with Gasteiger partial charge in [-0.1, -0.05) is 11.3 Å². The Balaban J connectivity index is 1.93. The number of hydrogen-bond donors (Lipinski definition) is 0. The number of ether oxygens (including phenoxy) is 3. The summed E-state index contributed by atoms with van der Waals surface area (Å²) in [6, 6.07) is 9.43. The lowest BCUT2D eigenvalue weighted by molar-refractivity contribution is -0.115. The van der Waals surface area contributed by atoms with Crippen molar-refractivity contribution in [2.45, 2.75) is 4.90 Å². The Morgan fingerprint density at radius 1 is 1.03 bits per heavy atom. The molecule has 0 unspecified atom stereocenters. The van der Waals surface area contributed by atoms with Gasteiger partial charge in [-0.25, -0.2) is 8.42 Å². The predicted octanol–water partition coefficient (Wildman–Crippen LogP) is 2.17. The van der Waals surface area contributed by atoms with Crippen molar-refractivity contribution in [2.75, 3.05) is 27.1 Å². The predicted molar refractivity (Wildman–Crippen MR) is 110 cm³/mol. The minimum absolute atomic E-state index is 0.0389. The molecule has 10 heteroatoms. The molecule has 0 saturated carbocycles. The molecule has 0 spiro atoms. The number of hydrogen-bond acceptors (Lipinski definition) is 7. The Morgan fingerprint density at radius 3 is 2.24 bits per heavy atom. The zero-order valence-electron chi connectivity index (χ0n) is 16.3. The SMILES string of the molecule is COc1ccc(S(=O)(=O)CC(=O)N=c2sc3cc(OC)c(OC)cc3n2C)cc1. The largest absolute Gasteiger partial charge is 0.497 e. The van der Waals surface area contributed by atoms with Crippen molar-refractivity contribution in [3.63, 3.8) is 0 Å². The maximum atomic E-state index is 12.5. The quantitative estimate of drug-likeness (QED) is 0.588. The number of methoxy groups -OCH3 is 3. The van der Waals surface area contributed by atoms with Crippen LogP contribution in [0.2, 0.25) is 0 Å². The molecule has 1 aromatic heterocycles. The Hall–Kier alpha value is -2.85. The molecule has 29 heavy (non-hydrogen) atoms. The molecule has 3 aromatic rings. The van der Waals surface area contributed by atoms with Gasteiger partial charge in [-0.3, -0.25) is 4.79 Å². The number of benzene rings is 2. The Bertz CT molecular complexity index is 1220. The smallest absolute Gasteiger partial charge is 0.263 e. The number of carbonyl (C=O) groups is 1. The van der Waals surface area contributed by atoms with E-state index in [2.05, 4.69) is 4.99 Å². The minimum Gasteiger partial charge on any atom is -0.497 e. The molecule has 1 heterocycles. The van der Waals surface area contributed by atoms with Crippen LogP contribution in [-0.4, -0.2) is 46.0 Å². The van der Waals surface area contributed by atoms with Gasteiger partial charge in [0.15, 0.2) is 26.1 Å². The molecule has 1 amide bonds. The van der Waals surface area contributed by atoms with E-state index < -0.39 is 21.5 Å². The number of aromatic nitrogens is 1. The second-order valence-electron chi connectivity index (χ2n) is 6.06. The third-order valence-corrected chi connectivity index (χ3v) is 6.98. The lowest BCUT2D eigenvalue weighted by Gasteiger charge is -2.07. The molecule has 0 aliphatic rings. The summed E-state index contributed by atoms with van der Waals surface area (Å²) in [4.78, 5) is 16.8. The second kappa shape index (κ2) is 8.26. The van der Waals surface area contributed by atoms with Gasteiger partial charge in [-0.15, -0.1) is 0 Å². The van der Waals surface area contributed by atoms with Crippen molar-refractivity contribution in [3.8, 4) is 17.2 Å².